The molecule has 2 aromatic carbocycles. The molecule has 28 heavy (non-hydrogen) atoms. The van der Waals surface area contributed by atoms with Crippen LogP contribution in [0.5, 0.6) is 0 Å². The zero-order valence-electron chi connectivity index (χ0n) is 16.1. The third kappa shape index (κ3) is 3.69. The van der Waals surface area contributed by atoms with Crippen LogP contribution in [0.3, 0.4) is 0 Å². The number of para-hydroxylation sites is 1. The van der Waals surface area contributed by atoms with Crippen molar-refractivity contribution >= 4 is 21.6 Å². The molecular formula is C20H22N4O3S. The zero-order chi connectivity index (χ0) is 20.5. The minimum atomic E-state index is -3.62. The normalized spacial score (nSPS) is 11.4. The molecule has 0 spiro atoms. The molecule has 1 aromatic heterocycles. The number of hydrogen-bond donors (Lipinski definition) is 2. The first kappa shape index (κ1) is 19.8. The Bertz CT molecular complexity index is 1140. The van der Waals surface area contributed by atoms with Crippen LogP contribution in [0, 0.1) is 20.8 Å². The molecule has 0 unspecified atom stereocenters. The second-order valence-corrected chi connectivity index (χ2v) is 8.29. The summed E-state index contributed by atoms with van der Waals surface area (Å²) in [5, 5.41) is 7.26. The highest BCUT2D eigenvalue weighted by Crippen LogP contribution is 2.23. The third-order valence-corrected chi connectivity index (χ3v) is 6.08. The molecule has 1 heterocycles. The van der Waals surface area contributed by atoms with Gasteiger partial charge in [0.2, 0.25) is 10.0 Å². The maximum absolute atomic E-state index is 12.9. The maximum atomic E-state index is 12.9. The first-order valence-electron chi connectivity index (χ1n) is 8.72. The smallest absolute Gasteiger partial charge is 0.259 e. The quantitative estimate of drug-likeness (QED) is 0.691. The zero-order valence-corrected chi connectivity index (χ0v) is 17.0. The van der Waals surface area contributed by atoms with Gasteiger partial charge in [-0.05, 0) is 57.6 Å². The molecule has 2 N–H and O–H groups in total. The monoisotopic (exact) mass is 398 g/mol. The largest absolute Gasteiger partial charge is 0.322 e. The van der Waals surface area contributed by atoms with Crippen molar-refractivity contribution in [1.29, 1.82) is 0 Å². The maximum Gasteiger partial charge on any atom is 0.259 e. The van der Waals surface area contributed by atoms with Crippen LogP contribution >= 0.6 is 0 Å². The fraction of sp³-hybridized carbons (Fsp3) is 0.200. The lowest BCUT2D eigenvalue weighted by Gasteiger charge is -2.11. The van der Waals surface area contributed by atoms with Crippen molar-refractivity contribution in [2.45, 2.75) is 25.7 Å². The standard InChI is InChI=1S/C20H22N4O3S/c1-13-10-11-16(12-18(13)28(26,27)21-4)22-20(25)19-14(2)23-24(15(19)3)17-8-6-5-7-9-17/h5-12,21H,1-4H3,(H,22,25). The number of hydrogen-bond acceptors (Lipinski definition) is 4. The van der Waals surface area contributed by atoms with Gasteiger partial charge in [-0.3, -0.25) is 4.79 Å². The Balaban J connectivity index is 1.95. The Kier molecular flexibility index (Phi) is 5.35. The molecule has 3 aromatic rings. The summed E-state index contributed by atoms with van der Waals surface area (Å²) in [7, 11) is -2.27. The predicted octanol–water partition coefficient (Wildman–Crippen LogP) is 2.96. The second-order valence-electron chi connectivity index (χ2n) is 6.44. The van der Waals surface area contributed by atoms with Gasteiger partial charge in [0.25, 0.3) is 5.91 Å². The van der Waals surface area contributed by atoms with E-state index in [-0.39, 0.29) is 10.8 Å². The predicted molar refractivity (Wildman–Crippen MR) is 108 cm³/mol. The number of nitrogens with zero attached hydrogens (tertiary/aromatic N) is 2. The molecule has 1 amide bonds. The average molecular weight is 398 g/mol. The van der Waals surface area contributed by atoms with E-state index in [2.05, 4.69) is 15.1 Å². The number of carbonyl (C=O) groups is 1. The first-order valence-corrected chi connectivity index (χ1v) is 10.2. The highest BCUT2D eigenvalue weighted by molar-refractivity contribution is 7.89. The summed E-state index contributed by atoms with van der Waals surface area (Å²) in [6.07, 6.45) is 0. The Morgan fingerprint density at radius 1 is 1.04 bits per heavy atom. The lowest BCUT2D eigenvalue weighted by molar-refractivity contribution is 0.102. The van der Waals surface area contributed by atoms with E-state index in [0.29, 0.717) is 28.2 Å². The summed E-state index contributed by atoms with van der Waals surface area (Å²) in [6, 6.07) is 14.3. The van der Waals surface area contributed by atoms with Gasteiger partial charge in [0.05, 0.1) is 27.5 Å². The van der Waals surface area contributed by atoms with Crippen LogP contribution in [0.2, 0.25) is 0 Å². The molecular weight excluding hydrogens is 376 g/mol. The van der Waals surface area contributed by atoms with Crippen molar-refractivity contribution in [2.75, 3.05) is 12.4 Å². The van der Waals surface area contributed by atoms with Gasteiger partial charge >= 0.3 is 0 Å². The van der Waals surface area contributed by atoms with Crippen LogP contribution in [-0.4, -0.2) is 31.2 Å². The number of benzene rings is 2. The van der Waals surface area contributed by atoms with Crippen molar-refractivity contribution in [3.05, 3.63) is 71.0 Å². The molecule has 0 radical (unpaired) electrons. The van der Waals surface area contributed by atoms with Crippen LogP contribution in [0.25, 0.3) is 5.69 Å². The molecule has 0 fully saturated rings. The molecule has 0 aliphatic rings. The third-order valence-electron chi connectivity index (χ3n) is 4.52. The highest BCUT2D eigenvalue weighted by atomic mass is 32.2. The Morgan fingerprint density at radius 3 is 2.36 bits per heavy atom. The molecule has 0 saturated heterocycles. The number of anilines is 1. The van der Waals surface area contributed by atoms with Crippen molar-refractivity contribution in [3.63, 3.8) is 0 Å². The van der Waals surface area contributed by atoms with Crippen LogP contribution in [-0.2, 0) is 10.0 Å². The van der Waals surface area contributed by atoms with Crippen LogP contribution in [0.15, 0.2) is 53.4 Å². The fourth-order valence-corrected chi connectivity index (χ4v) is 4.06. The van der Waals surface area contributed by atoms with Gasteiger partial charge in [-0.15, -0.1) is 0 Å². The Morgan fingerprint density at radius 2 is 1.71 bits per heavy atom. The van der Waals surface area contributed by atoms with Gasteiger partial charge in [-0.2, -0.15) is 5.10 Å². The van der Waals surface area contributed by atoms with Crippen molar-refractivity contribution in [1.82, 2.24) is 14.5 Å². The van der Waals surface area contributed by atoms with Crippen molar-refractivity contribution < 1.29 is 13.2 Å². The van der Waals surface area contributed by atoms with Gasteiger partial charge in [-0.1, -0.05) is 24.3 Å². The Labute approximate surface area is 164 Å². The average Bonchev–Trinajstić information content (AvgIpc) is 2.98. The molecule has 146 valence electrons. The van der Waals surface area contributed by atoms with E-state index in [9.17, 15) is 13.2 Å². The van der Waals surface area contributed by atoms with Gasteiger partial charge in [-0.25, -0.2) is 17.8 Å². The minimum Gasteiger partial charge on any atom is -0.322 e. The van der Waals surface area contributed by atoms with Crippen molar-refractivity contribution in [3.8, 4) is 5.69 Å². The van der Waals surface area contributed by atoms with Crippen LogP contribution < -0.4 is 10.0 Å². The minimum absolute atomic E-state index is 0.126. The summed E-state index contributed by atoms with van der Waals surface area (Å²) in [5.41, 5.74) is 3.61. The van der Waals surface area contributed by atoms with E-state index in [1.165, 1.54) is 13.1 Å². The SMILES string of the molecule is CNS(=O)(=O)c1cc(NC(=O)c2c(C)nn(-c3ccccc3)c2C)ccc1C. The van der Waals surface area contributed by atoms with Gasteiger partial charge in [0.15, 0.2) is 0 Å². The topological polar surface area (TPSA) is 93.1 Å². The highest BCUT2D eigenvalue weighted by Gasteiger charge is 2.21. The van der Waals surface area contributed by atoms with Gasteiger partial charge in [0, 0.05) is 5.69 Å². The lowest BCUT2D eigenvalue weighted by atomic mass is 10.1. The molecule has 0 saturated carbocycles. The van der Waals surface area contributed by atoms with E-state index >= 15 is 0 Å². The van der Waals surface area contributed by atoms with E-state index in [4.69, 9.17) is 0 Å². The fourth-order valence-electron chi connectivity index (χ4n) is 3.06. The van der Waals surface area contributed by atoms with Gasteiger partial charge < -0.3 is 5.32 Å². The summed E-state index contributed by atoms with van der Waals surface area (Å²) in [4.78, 5) is 13.0. The van der Waals surface area contributed by atoms with E-state index < -0.39 is 10.0 Å². The molecule has 0 aliphatic carbocycles. The van der Waals surface area contributed by atoms with Crippen LogP contribution in [0.4, 0.5) is 5.69 Å². The molecule has 0 aliphatic heterocycles. The second kappa shape index (κ2) is 7.57. The summed E-state index contributed by atoms with van der Waals surface area (Å²) in [6.45, 7) is 5.30. The number of sulfonamides is 1. The van der Waals surface area contributed by atoms with E-state index in [1.807, 2.05) is 37.3 Å². The molecule has 0 bridgehead atoms. The molecule has 3 rings (SSSR count). The lowest BCUT2D eigenvalue weighted by Crippen LogP contribution is -2.20. The van der Waals surface area contributed by atoms with Gasteiger partial charge in [0.1, 0.15) is 0 Å². The number of aryl methyl sites for hydroxylation is 2. The Hall–Kier alpha value is -2.97. The van der Waals surface area contributed by atoms with Crippen LogP contribution in [0.1, 0.15) is 27.3 Å². The number of aromatic nitrogens is 2. The number of carbonyl (C=O) groups excluding carboxylic acids is 1. The molecule has 8 heteroatoms. The molecule has 0 atom stereocenters. The first-order chi connectivity index (χ1) is 13.2. The number of rotatable bonds is 5. The number of amides is 1. The van der Waals surface area contributed by atoms with Crippen molar-refractivity contribution in [2.24, 2.45) is 0 Å². The summed E-state index contributed by atoms with van der Waals surface area (Å²) < 4.78 is 28.3. The summed E-state index contributed by atoms with van der Waals surface area (Å²) in [5.74, 6) is -0.339. The number of nitrogens with one attached hydrogen (secondary N) is 2. The molecule has 7 nitrogen and oxygen atoms in total. The van der Waals surface area contributed by atoms with E-state index in [1.54, 1.807) is 30.7 Å². The summed E-state index contributed by atoms with van der Waals surface area (Å²) >= 11 is 0. The van der Waals surface area contributed by atoms with E-state index in [0.717, 1.165) is 5.69 Å².